The molecular formula is C38H65N17O17S2. The van der Waals surface area contributed by atoms with Crippen molar-refractivity contribution in [1.82, 2.24) is 53.2 Å². The van der Waals surface area contributed by atoms with Crippen molar-refractivity contribution in [2.45, 2.75) is 93.8 Å². The molecule has 0 saturated carbocycles. The molecule has 34 nitrogen and oxygen atoms in total. The van der Waals surface area contributed by atoms with Crippen LogP contribution < -0.4 is 81.8 Å². The first-order valence-electron chi connectivity index (χ1n) is 21.9. The van der Waals surface area contributed by atoms with Crippen molar-refractivity contribution in [3.63, 3.8) is 0 Å². The van der Waals surface area contributed by atoms with Crippen LogP contribution in [0, 0.1) is 0 Å². The molecular weight excluding hydrogens is 1030 g/mol. The van der Waals surface area contributed by atoms with E-state index in [0.29, 0.717) is 0 Å². The molecule has 0 radical (unpaired) electrons. The minimum Gasteiger partial charge on any atom is -0.481 e. The number of amides is 11. The van der Waals surface area contributed by atoms with Gasteiger partial charge in [0.15, 0.2) is 11.9 Å². The minimum atomic E-state index is -1.97. The summed E-state index contributed by atoms with van der Waals surface area (Å²) in [5.74, 6) is -16.1. The number of aliphatic hydroxyl groups is 2. The number of rotatable bonds is 36. The first-order valence-corrected chi connectivity index (χ1v) is 23.2. The maximum absolute atomic E-state index is 13.4. The zero-order valence-corrected chi connectivity index (χ0v) is 41.6. The first-order chi connectivity index (χ1) is 34.7. The number of thiol groups is 2. The lowest BCUT2D eigenvalue weighted by Gasteiger charge is -2.24. The zero-order valence-electron chi connectivity index (χ0n) is 39.8. The van der Waals surface area contributed by atoms with Crippen molar-refractivity contribution in [2.24, 2.45) is 38.7 Å². The van der Waals surface area contributed by atoms with E-state index in [1.54, 1.807) is 0 Å². The summed E-state index contributed by atoms with van der Waals surface area (Å²) in [5.41, 5.74) is 26.5. The molecule has 24 N–H and O–H groups in total. The Morgan fingerprint density at radius 3 is 1.07 bits per heavy atom. The van der Waals surface area contributed by atoms with Crippen LogP contribution in [-0.2, 0) is 62.3 Å². The van der Waals surface area contributed by atoms with Gasteiger partial charge in [0.1, 0.15) is 48.3 Å². The number of aliphatic imine (C=N–C) groups is 2. The van der Waals surface area contributed by atoms with Crippen LogP contribution in [0.4, 0.5) is 0 Å². The predicted molar refractivity (Wildman–Crippen MR) is 263 cm³/mol. The van der Waals surface area contributed by atoms with Gasteiger partial charge in [0.05, 0.1) is 39.1 Å². The van der Waals surface area contributed by atoms with Crippen LogP contribution in [-0.4, -0.2) is 208 Å². The summed E-state index contributed by atoms with van der Waals surface area (Å²) in [6, 6.07) is -13.1. The molecule has 0 aromatic heterocycles. The Hall–Kier alpha value is -7.73. The van der Waals surface area contributed by atoms with Gasteiger partial charge >= 0.3 is 11.9 Å². The summed E-state index contributed by atoms with van der Waals surface area (Å²) >= 11 is 7.88. The van der Waals surface area contributed by atoms with Crippen LogP contribution >= 0.6 is 25.3 Å². The Labute approximate surface area is 432 Å². The highest BCUT2D eigenvalue weighted by atomic mass is 32.1. The van der Waals surface area contributed by atoms with Gasteiger partial charge in [-0.2, -0.15) is 25.3 Å². The molecule has 11 amide bonds. The third-order valence-electron chi connectivity index (χ3n) is 9.41. The van der Waals surface area contributed by atoms with E-state index in [4.69, 9.17) is 28.7 Å². The quantitative estimate of drug-likeness (QED) is 0.0120. The Morgan fingerprint density at radius 2 is 0.770 bits per heavy atom. The number of carboxylic acids is 2. The Bertz CT molecular complexity index is 2080. The van der Waals surface area contributed by atoms with Crippen molar-refractivity contribution >= 4 is 114 Å². The highest BCUT2D eigenvalue weighted by Gasteiger charge is 2.33. The van der Waals surface area contributed by atoms with Crippen molar-refractivity contribution in [3.05, 3.63) is 0 Å². The molecule has 0 aliphatic carbocycles. The van der Waals surface area contributed by atoms with Gasteiger partial charge < -0.3 is 102 Å². The van der Waals surface area contributed by atoms with Crippen molar-refractivity contribution in [2.75, 3.05) is 50.9 Å². The van der Waals surface area contributed by atoms with Crippen molar-refractivity contribution in [3.8, 4) is 0 Å². The van der Waals surface area contributed by atoms with E-state index in [9.17, 15) is 82.8 Å². The van der Waals surface area contributed by atoms with Gasteiger partial charge in [-0.25, -0.2) is 0 Å². The second kappa shape index (κ2) is 35.4. The van der Waals surface area contributed by atoms with E-state index >= 15 is 0 Å². The number of aliphatic carboxylic acids is 2. The topological polar surface area (TPSA) is 578 Å². The van der Waals surface area contributed by atoms with Gasteiger partial charge in [-0.15, -0.1) is 0 Å². The molecule has 0 heterocycles. The molecule has 0 bridgehead atoms. The lowest BCUT2D eigenvalue weighted by Crippen LogP contribution is -2.59. The standard InChI is InChI=1S/C38H65N17O17S2/c1-16(58)48-24(15-74)36(72)52-18(5-3-7-45-38(42)43)31(67)47-11-26(60)49-19(8-27(61)62)32(68)53-21(12-56)34(70)51-17(4-2-6-44-37(40)41)30(66)46-10-25(59)50-20(9-28(63)64)33(69)54-22(13-57)35(71)55-23(14-73)29(39)65/h17-24,56-57,73-74H,2-15H2,1H3,(H2,39,65)(H,46,66)(H,47,67)(H,48,58)(H,49,60)(H,50,59)(H,51,70)(H,52,72)(H,53,68)(H,54,69)(H,55,71)(H,61,62)(H,63,64)(H4,40,41,44)(H4,42,43,45)/t17-,18-,19-,20-,21-,22-,23-,24-/m0/s1. The van der Waals surface area contributed by atoms with E-state index in [2.05, 4.69) is 72.5 Å². The lowest BCUT2D eigenvalue weighted by atomic mass is 10.1. The summed E-state index contributed by atoms with van der Waals surface area (Å²) in [7, 11) is 0. The number of hydrogen-bond donors (Lipinski definition) is 21. The molecule has 8 atom stereocenters. The predicted octanol–water partition coefficient (Wildman–Crippen LogP) is -11.5. The normalized spacial score (nSPS) is 13.8. The van der Waals surface area contributed by atoms with E-state index in [1.165, 1.54) is 0 Å². The smallest absolute Gasteiger partial charge is 0.305 e. The molecule has 0 aromatic carbocycles. The Morgan fingerprint density at radius 1 is 0.446 bits per heavy atom. The number of carbonyl (C=O) groups is 13. The average Bonchev–Trinajstić information content (AvgIpc) is 3.31. The molecule has 0 spiro atoms. The number of primary amides is 1. The van der Waals surface area contributed by atoms with Crippen LogP contribution in [0.25, 0.3) is 0 Å². The molecule has 0 fully saturated rings. The SMILES string of the molecule is CC(=O)N[C@@H](CS)C(=O)N[C@@H](CCCN=C(N)N)C(=O)NCC(=O)N[C@@H](CC(=O)O)C(=O)N[C@@H](CO)C(=O)N[C@@H](CCCN=C(N)N)C(=O)NCC(=O)N[C@@H](CC(=O)O)C(=O)N[C@@H](CO)C(=O)N[C@@H](CS)C(N)=O. The minimum absolute atomic E-state index is 0.0250. The number of nitrogens with two attached hydrogens (primary N) is 5. The highest BCUT2D eigenvalue weighted by Crippen LogP contribution is 2.04. The van der Waals surface area contributed by atoms with E-state index in [-0.39, 0.29) is 62.2 Å². The van der Waals surface area contributed by atoms with E-state index < -0.39 is 164 Å². The highest BCUT2D eigenvalue weighted by molar-refractivity contribution is 7.80. The number of aliphatic hydroxyl groups excluding tert-OH is 2. The van der Waals surface area contributed by atoms with Crippen LogP contribution in [0.2, 0.25) is 0 Å². The Balaban J connectivity index is 6.10. The average molecular weight is 1100 g/mol. The van der Waals surface area contributed by atoms with Gasteiger partial charge in [0, 0.05) is 31.5 Å². The molecule has 36 heteroatoms. The van der Waals surface area contributed by atoms with E-state index in [0.717, 1.165) is 6.92 Å². The molecule has 0 aliphatic heterocycles. The second-order valence-corrected chi connectivity index (χ2v) is 16.2. The number of hydrogen-bond acceptors (Lipinski definition) is 19. The number of guanidine groups is 2. The maximum Gasteiger partial charge on any atom is 0.305 e. The fourth-order valence-corrected chi connectivity index (χ4v) is 6.31. The first kappa shape index (κ1) is 66.3. The van der Waals surface area contributed by atoms with Gasteiger partial charge in [0.2, 0.25) is 65.0 Å². The summed E-state index contributed by atoms with van der Waals surface area (Å²) in [6.07, 6.45) is -2.48. The summed E-state index contributed by atoms with van der Waals surface area (Å²) in [6.45, 7) is -3.09. The summed E-state index contributed by atoms with van der Waals surface area (Å²) in [5, 5.41) is 60.2. The van der Waals surface area contributed by atoms with Crippen LogP contribution in [0.15, 0.2) is 9.98 Å². The van der Waals surface area contributed by atoms with Crippen molar-refractivity contribution < 1.29 is 82.8 Å². The van der Waals surface area contributed by atoms with Crippen LogP contribution in [0.5, 0.6) is 0 Å². The molecule has 0 aromatic rings. The molecule has 416 valence electrons. The molecule has 0 rings (SSSR count). The zero-order chi connectivity index (χ0) is 56.7. The maximum atomic E-state index is 13.4. The lowest BCUT2D eigenvalue weighted by molar-refractivity contribution is -0.141. The molecule has 0 aliphatic rings. The number of carboxylic acid groups (broad SMARTS) is 2. The largest absolute Gasteiger partial charge is 0.481 e. The Kier molecular flexibility index (Phi) is 31.7. The monoisotopic (exact) mass is 1100 g/mol. The number of nitrogens with one attached hydrogen (secondary N) is 10. The molecule has 74 heavy (non-hydrogen) atoms. The fourth-order valence-electron chi connectivity index (χ4n) is 5.78. The van der Waals surface area contributed by atoms with Gasteiger partial charge in [0.25, 0.3) is 0 Å². The third-order valence-corrected chi connectivity index (χ3v) is 10.1. The van der Waals surface area contributed by atoms with E-state index in [1.807, 2.05) is 16.0 Å². The molecule has 0 unspecified atom stereocenters. The van der Waals surface area contributed by atoms with Gasteiger partial charge in [-0.05, 0) is 25.7 Å². The summed E-state index contributed by atoms with van der Waals surface area (Å²) < 4.78 is 0. The van der Waals surface area contributed by atoms with Crippen LogP contribution in [0.3, 0.4) is 0 Å². The summed E-state index contributed by atoms with van der Waals surface area (Å²) in [4.78, 5) is 171. The third kappa shape index (κ3) is 27.8. The van der Waals surface area contributed by atoms with Gasteiger partial charge in [-0.3, -0.25) is 72.3 Å². The number of carbonyl (C=O) groups excluding carboxylic acids is 11. The second-order valence-electron chi connectivity index (χ2n) is 15.5. The van der Waals surface area contributed by atoms with Gasteiger partial charge in [-0.1, -0.05) is 0 Å². The van der Waals surface area contributed by atoms with Crippen molar-refractivity contribution in [1.29, 1.82) is 0 Å². The fraction of sp³-hybridized carbons (Fsp3) is 0.605. The number of nitrogens with zero attached hydrogens (tertiary/aromatic N) is 2. The van der Waals surface area contributed by atoms with Crippen LogP contribution in [0.1, 0.15) is 45.4 Å². The molecule has 0 saturated heterocycles.